The van der Waals surface area contributed by atoms with Gasteiger partial charge in [0.25, 0.3) is 0 Å². The Bertz CT molecular complexity index is 378. The van der Waals surface area contributed by atoms with Crippen LogP contribution in [0.4, 0.5) is 0 Å². The lowest BCUT2D eigenvalue weighted by Crippen LogP contribution is -2.08. The zero-order valence-electron chi connectivity index (χ0n) is 13.9. The van der Waals surface area contributed by atoms with Gasteiger partial charge in [0.05, 0.1) is 12.4 Å². The Morgan fingerprint density at radius 3 is 2.14 bits per heavy atom. The van der Waals surface area contributed by atoms with Gasteiger partial charge in [0.1, 0.15) is 0 Å². The SMILES string of the molecule is CCCCCCCCCCCOC(=O)CSc1ccccc1. The third-order valence-electron chi connectivity index (χ3n) is 3.61. The summed E-state index contributed by atoms with van der Waals surface area (Å²) in [5, 5.41) is 0. The van der Waals surface area contributed by atoms with E-state index >= 15 is 0 Å². The van der Waals surface area contributed by atoms with Crippen LogP contribution in [0.25, 0.3) is 0 Å². The van der Waals surface area contributed by atoms with Gasteiger partial charge in [-0.25, -0.2) is 0 Å². The highest BCUT2D eigenvalue weighted by Crippen LogP contribution is 2.17. The molecule has 0 radical (unpaired) electrons. The monoisotopic (exact) mass is 322 g/mol. The summed E-state index contributed by atoms with van der Waals surface area (Å²) < 4.78 is 5.26. The number of carbonyl (C=O) groups excluding carboxylic acids is 1. The topological polar surface area (TPSA) is 26.3 Å². The van der Waals surface area contributed by atoms with E-state index in [0.29, 0.717) is 12.4 Å². The molecule has 0 saturated heterocycles. The van der Waals surface area contributed by atoms with Crippen LogP contribution in [0.3, 0.4) is 0 Å². The van der Waals surface area contributed by atoms with Crippen LogP contribution in [0, 0.1) is 0 Å². The lowest BCUT2D eigenvalue weighted by atomic mass is 10.1. The van der Waals surface area contributed by atoms with Gasteiger partial charge in [-0.3, -0.25) is 4.79 Å². The lowest BCUT2D eigenvalue weighted by Gasteiger charge is -2.05. The van der Waals surface area contributed by atoms with Crippen molar-refractivity contribution in [1.82, 2.24) is 0 Å². The lowest BCUT2D eigenvalue weighted by molar-refractivity contribution is -0.140. The second-order valence-electron chi connectivity index (χ2n) is 5.65. The summed E-state index contributed by atoms with van der Waals surface area (Å²) in [4.78, 5) is 12.7. The maximum Gasteiger partial charge on any atom is 0.316 e. The van der Waals surface area contributed by atoms with Crippen molar-refractivity contribution in [2.45, 2.75) is 69.6 Å². The number of ether oxygens (including phenoxy) is 1. The molecule has 22 heavy (non-hydrogen) atoms. The Labute approximate surface area is 140 Å². The van der Waals surface area contributed by atoms with Crippen LogP contribution < -0.4 is 0 Å². The molecule has 0 spiro atoms. The first-order valence-electron chi connectivity index (χ1n) is 8.66. The molecular weight excluding hydrogens is 292 g/mol. The third-order valence-corrected chi connectivity index (χ3v) is 4.60. The molecule has 0 saturated carbocycles. The molecule has 0 fully saturated rings. The highest BCUT2D eigenvalue weighted by atomic mass is 32.2. The van der Waals surface area contributed by atoms with E-state index in [4.69, 9.17) is 4.74 Å². The summed E-state index contributed by atoms with van der Waals surface area (Å²) in [5.41, 5.74) is 0. The normalized spacial score (nSPS) is 10.6. The zero-order chi connectivity index (χ0) is 15.9. The molecule has 0 amide bonds. The Kier molecular flexibility index (Phi) is 11.9. The van der Waals surface area contributed by atoms with E-state index < -0.39 is 0 Å². The molecule has 0 aliphatic rings. The maximum absolute atomic E-state index is 11.6. The van der Waals surface area contributed by atoms with E-state index in [1.807, 2.05) is 30.3 Å². The third kappa shape index (κ3) is 10.7. The van der Waals surface area contributed by atoms with Crippen LogP contribution in [0.1, 0.15) is 64.7 Å². The fourth-order valence-electron chi connectivity index (χ4n) is 2.30. The summed E-state index contributed by atoms with van der Waals surface area (Å²) in [7, 11) is 0. The first kappa shape index (κ1) is 19.1. The van der Waals surface area contributed by atoms with Crippen LogP contribution in [-0.2, 0) is 9.53 Å². The minimum absolute atomic E-state index is 0.103. The standard InChI is InChI=1S/C19H30O2S/c1-2-3-4-5-6-7-8-9-13-16-21-19(20)17-22-18-14-11-10-12-15-18/h10-12,14-15H,2-9,13,16-17H2,1H3. The Morgan fingerprint density at radius 2 is 1.50 bits per heavy atom. The predicted molar refractivity (Wildman–Crippen MR) is 95.4 cm³/mol. The Hall–Kier alpha value is -0.960. The summed E-state index contributed by atoms with van der Waals surface area (Å²) >= 11 is 1.54. The van der Waals surface area contributed by atoms with E-state index in [1.165, 1.54) is 63.1 Å². The number of carbonyl (C=O) groups is 1. The number of thioether (sulfide) groups is 1. The minimum atomic E-state index is -0.103. The maximum atomic E-state index is 11.6. The van der Waals surface area contributed by atoms with E-state index in [0.717, 1.165) is 11.3 Å². The average Bonchev–Trinajstić information content (AvgIpc) is 2.55. The smallest absolute Gasteiger partial charge is 0.316 e. The van der Waals surface area contributed by atoms with E-state index in [2.05, 4.69) is 6.92 Å². The van der Waals surface area contributed by atoms with Crippen LogP contribution in [0.5, 0.6) is 0 Å². The number of hydrogen-bond acceptors (Lipinski definition) is 3. The molecule has 0 bridgehead atoms. The molecule has 2 nitrogen and oxygen atoms in total. The van der Waals surface area contributed by atoms with Crippen LogP contribution in [0.15, 0.2) is 35.2 Å². The van der Waals surface area contributed by atoms with Gasteiger partial charge in [0, 0.05) is 4.90 Å². The second-order valence-corrected chi connectivity index (χ2v) is 6.70. The number of rotatable bonds is 13. The number of hydrogen-bond donors (Lipinski definition) is 0. The van der Waals surface area contributed by atoms with Crippen LogP contribution in [-0.4, -0.2) is 18.3 Å². The number of unbranched alkanes of at least 4 members (excludes halogenated alkanes) is 8. The largest absolute Gasteiger partial charge is 0.465 e. The predicted octanol–water partition coefficient (Wildman–Crippen LogP) is 5.85. The molecule has 1 rings (SSSR count). The van der Waals surface area contributed by atoms with Crippen molar-refractivity contribution >= 4 is 17.7 Å². The molecule has 1 aromatic carbocycles. The molecule has 1 aromatic rings. The van der Waals surface area contributed by atoms with Gasteiger partial charge in [0.2, 0.25) is 0 Å². The minimum Gasteiger partial charge on any atom is -0.465 e. The molecule has 0 unspecified atom stereocenters. The highest BCUT2D eigenvalue weighted by Gasteiger charge is 2.03. The molecule has 0 aliphatic carbocycles. The molecule has 0 aliphatic heterocycles. The molecule has 0 atom stereocenters. The van der Waals surface area contributed by atoms with Crippen molar-refractivity contribution in [3.05, 3.63) is 30.3 Å². The first-order chi connectivity index (χ1) is 10.8. The second kappa shape index (κ2) is 13.7. The molecule has 3 heteroatoms. The number of esters is 1. The molecule has 0 N–H and O–H groups in total. The van der Waals surface area contributed by atoms with Crippen molar-refractivity contribution in [2.75, 3.05) is 12.4 Å². The van der Waals surface area contributed by atoms with Gasteiger partial charge in [-0.05, 0) is 18.6 Å². The van der Waals surface area contributed by atoms with Crippen molar-refractivity contribution in [2.24, 2.45) is 0 Å². The van der Waals surface area contributed by atoms with Crippen molar-refractivity contribution in [3.63, 3.8) is 0 Å². The van der Waals surface area contributed by atoms with Crippen molar-refractivity contribution in [3.8, 4) is 0 Å². The molecule has 124 valence electrons. The fourth-order valence-corrected chi connectivity index (χ4v) is 3.02. The van der Waals surface area contributed by atoms with Crippen molar-refractivity contribution in [1.29, 1.82) is 0 Å². The van der Waals surface area contributed by atoms with Gasteiger partial charge < -0.3 is 4.74 Å². The van der Waals surface area contributed by atoms with Crippen molar-refractivity contribution < 1.29 is 9.53 Å². The van der Waals surface area contributed by atoms with E-state index in [1.54, 1.807) is 0 Å². The van der Waals surface area contributed by atoms with Gasteiger partial charge in [-0.15, -0.1) is 11.8 Å². The first-order valence-corrected chi connectivity index (χ1v) is 9.65. The quantitative estimate of drug-likeness (QED) is 0.259. The molecule has 0 aromatic heterocycles. The van der Waals surface area contributed by atoms with Gasteiger partial charge in [0.15, 0.2) is 0 Å². The fraction of sp³-hybridized carbons (Fsp3) is 0.632. The Balaban J connectivity index is 1.87. The summed E-state index contributed by atoms with van der Waals surface area (Å²) in [6, 6.07) is 9.97. The van der Waals surface area contributed by atoms with E-state index in [9.17, 15) is 4.79 Å². The highest BCUT2D eigenvalue weighted by molar-refractivity contribution is 8.00. The Morgan fingerprint density at radius 1 is 0.909 bits per heavy atom. The summed E-state index contributed by atoms with van der Waals surface area (Å²) in [6.07, 6.45) is 11.6. The molecule has 0 heterocycles. The van der Waals surface area contributed by atoms with Gasteiger partial charge >= 0.3 is 5.97 Å². The summed E-state index contributed by atoms with van der Waals surface area (Å²) in [6.45, 7) is 2.82. The van der Waals surface area contributed by atoms with Gasteiger partial charge in [-0.1, -0.05) is 76.5 Å². The molecular formula is C19H30O2S. The summed E-state index contributed by atoms with van der Waals surface area (Å²) in [5.74, 6) is 0.301. The van der Waals surface area contributed by atoms with E-state index in [-0.39, 0.29) is 5.97 Å². The number of benzene rings is 1. The zero-order valence-corrected chi connectivity index (χ0v) is 14.7. The van der Waals surface area contributed by atoms with Crippen LogP contribution in [0.2, 0.25) is 0 Å². The van der Waals surface area contributed by atoms with Crippen LogP contribution >= 0.6 is 11.8 Å². The average molecular weight is 323 g/mol. The van der Waals surface area contributed by atoms with Gasteiger partial charge in [-0.2, -0.15) is 0 Å².